The first-order valence-electron chi connectivity index (χ1n) is 7.99. The molecule has 0 saturated carbocycles. The van der Waals surface area contributed by atoms with Crippen LogP contribution in [0, 0.1) is 13.8 Å². The van der Waals surface area contributed by atoms with Crippen LogP contribution in [-0.4, -0.2) is 46.3 Å². The van der Waals surface area contributed by atoms with Gasteiger partial charge < -0.3 is 4.57 Å². The van der Waals surface area contributed by atoms with Crippen LogP contribution in [0.2, 0.25) is 5.02 Å². The number of aryl methyl sites for hydroxylation is 1. The monoisotopic (exact) mass is 371 g/mol. The van der Waals surface area contributed by atoms with Crippen molar-refractivity contribution in [3.05, 3.63) is 57.9 Å². The van der Waals surface area contributed by atoms with Crippen LogP contribution in [0.5, 0.6) is 0 Å². The number of nitrogens with zero attached hydrogens (tertiary/aromatic N) is 3. The van der Waals surface area contributed by atoms with Crippen molar-refractivity contribution >= 4 is 35.5 Å². The average Bonchev–Trinajstić information content (AvgIpc) is 2.89. The fraction of sp³-hybridized carbons (Fsp3) is 0.211. The van der Waals surface area contributed by atoms with Crippen molar-refractivity contribution in [1.29, 1.82) is 0 Å². The molecule has 1 fully saturated rings. The van der Waals surface area contributed by atoms with E-state index in [1.807, 2.05) is 42.7 Å². The van der Waals surface area contributed by atoms with Gasteiger partial charge in [-0.15, -0.1) is 0 Å². The third kappa shape index (κ3) is 2.72. The number of hydrogen-bond donors (Lipinski definition) is 0. The molecule has 0 bridgehead atoms. The van der Waals surface area contributed by atoms with Crippen LogP contribution in [0.1, 0.15) is 17.0 Å². The van der Waals surface area contributed by atoms with Gasteiger partial charge in [-0.3, -0.25) is 19.4 Å². The zero-order chi connectivity index (χ0) is 19.2. The van der Waals surface area contributed by atoms with Gasteiger partial charge in [-0.2, -0.15) is 0 Å². The number of hydrogen-bond acceptors (Lipinski definition) is 3. The number of amides is 4. The van der Waals surface area contributed by atoms with Crippen molar-refractivity contribution in [2.75, 3.05) is 14.1 Å². The molecule has 1 aromatic heterocycles. The summed E-state index contributed by atoms with van der Waals surface area (Å²) in [5.74, 6) is -1.22. The van der Waals surface area contributed by atoms with E-state index in [1.54, 1.807) is 6.07 Å². The van der Waals surface area contributed by atoms with Gasteiger partial charge in [-0.25, -0.2) is 4.79 Å². The number of rotatable bonds is 2. The second-order valence-corrected chi connectivity index (χ2v) is 6.59. The molecule has 6 nitrogen and oxygen atoms in total. The van der Waals surface area contributed by atoms with Crippen molar-refractivity contribution in [1.82, 2.24) is 14.4 Å². The third-order valence-corrected chi connectivity index (χ3v) is 4.83. The van der Waals surface area contributed by atoms with E-state index in [-0.39, 0.29) is 5.57 Å². The minimum atomic E-state index is -0.640. The summed E-state index contributed by atoms with van der Waals surface area (Å²) in [5.41, 5.74) is 3.24. The lowest BCUT2D eigenvalue weighted by molar-refractivity contribution is -0.134. The number of likely N-dealkylation sites (N-methyl/N-ethyl adjacent to an activating group) is 2. The van der Waals surface area contributed by atoms with Crippen molar-refractivity contribution < 1.29 is 14.4 Å². The van der Waals surface area contributed by atoms with Crippen LogP contribution in [0.25, 0.3) is 11.8 Å². The number of halogens is 1. The lowest BCUT2D eigenvalue weighted by Crippen LogP contribution is -2.52. The predicted molar refractivity (Wildman–Crippen MR) is 99.2 cm³/mol. The maximum atomic E-state index is 12.4. The molecular formula is C19H18ClN3O3. The van der Waals surface area contributed by atoms with Gasteiger partial charge in [0, 0.05) is 25.5 Å². The van der Waals surface area contributed by atoms with E-state index < -0.39 is 17.8 Å². The molecule has 1 aliphatic heterocycles. The maximum Gasteiger partial charge on any atom is 0.333 e. The summed E-state index contributed by atoms with van der Waals surface area (Å²) in [4.78, 5) is 38.5. The molecule has 2 heterocycles. The number of para-hydroxylation sites is 1. The minimum absolute atomic E-state index is 0.0472. The first-order valence-corrected chi connectivity index (χ1v) is 8.37. The van der Waals surface area contributed by atoms with Crippen molar-refractivity contribution in [2.45, 2.75) is 13.8 Å². The van der Waals surface area contributed by atoms with Gasteiger partial charge in [0.05, 0.1) is 10.7 Å². The molecule has 1 saturated heterocycles. The smallest absolute Gasteiger partial charge is 0.316 e. The van der Waals surface area contributed by atoms with Crippen LogP contribution >= 0.6 is 11.6 Å². The summed E-state index contributed by atoms with van der Waals surface area (Å²) in [7, 11) is 2.71. The van der Waals surface area contributed by atoms with Gasteiger partial charge in [0.2, 0.25) is 0 Å². The highest BCUT2D eigenvalue weighted by atomic mass is 35.5. The fourth-order valence-electron chi connectivity index (χ4n) is 3.07. The number of urea groups is 1. The number of carbonyl (C=O) groups is 3. The summed E-state index contributed by atoms with van der Waals surface area (Å²) in [6.45, 7) is 3.81. The Bertz CT molecular complexity index is 948. The van der Waals surface area contributed by atoms with Gasteiger partial charge in [-0.05, 0) is 43.7 Å². The molecule has 134 valence electrons. The number of carbonyl (C=O) groups excluding carboxylic acids is 3. The van der Waals surface area contributed by atoms with E-state index in [0.29, 0.717) is 5.02 Å². The third-order valence-electron chi connectivity index (χ3n) is 4.51. The summed E-state index contributed by atoms with van der Waals surface area (Å²) in [6.07, 6.45) is 1.53. The van der Waals surface area contributed by atoms with Gasteiger partial charge in [0.15, 0.2) is 0 Å². The summed E-state index contributed by atoms with van der Waals surface area (Å²) < 4.78 is 1.96. The van der Waals surface area contributed by atoms with Crippen LogP contribution < -0.4 is 0 Å². The second-order valence-electron chi connectivity index (χ2n) is 6.18. The largest absolute Gasteiger partial charge is 0.333 e. The number of benzene rings is 1. The molecule has 7 heteroatoms. The normalized spacial score (nSPS) is 15.1. The van der Waals surface area contributed by atoms with Gasteiger partial charge in [0.25, 0.3) is 11.8 Å². The van der Waals surface area contributed by atoms with Crippen LogP contribution in [0.15, 0.2) is 35.9 Å². The summed E-state index contributed by atoms with van der Waals surface area (Å²) in [6, 6.07) is 8.68. The molecule has 4 amide bonds. The van der Waals surface area contributed by atoms with Crippen molar-refractivity contribution in [3.63, 3.8) is 0 Å². The Morgan fingerprint density at radius 2 is 1.54 bits per heavy atom. The molecule has 0 radical (unpaired) electrons. The zero-order valence-corrected chi connectivity index (χ0v) is 15.7. The fourth-order valence-corrected chi connectivity index (χ4v) is 3.29. The van der Waals surface area contributed by atoms with E-state index in [4.69, 9.17) is 11.6 Å². The molecule has 1 aliphatic rings. The molecule has 26 heavy (non-hydrogen) atoms. The van der Waals surface area contributed by atoms with Crippen molar-refractivity contribution in [3.8, 4) is 5.69 Å². The van der Waals surface area contributed by atoms with Gasteiger partial charge in [-0.1, -0.05) is 23.7 Å². The van der Waals surface area contributed by atoms with E-state index in [2.05, 4.69) is 0 Å². The summed E-state index contributed by atoms with van der Waals surface area (Å²) >= 11 is 6.31. The molecule has 0 unspecified atom stereocenters. The Morgan fingerprint density at radius 1 is 0.962 bits per heavy atom. The second kappa shape index (κ2) is 6.46. The molecule has 0 spiro atoms. The Hall–Kier alpha value is -2.86. The Balaban J connectivity index is 2.12. The Labute approximate surface area is 156 Å². The SMILES string of the molecule is Cc1cc(C=C2C(=O)N(C)C(=O)N(C)C2=O)c(C)n1-c1ccccc1Cl. The Morgan fingerprint density at radius 3 is 2.12 bits per heavy atom. The topological polar surface area (TPSA) is 62.6 Å². The van der Waals surface area contributed by atoms with Crippen molar-refractivity contribution in [2.24, 2.45) is 0 Å². The van der Waals surface area contributed by atoms with E-state index in [0.717, 1.165) is 32.4 Å². The number of barbiturate groups is 1. The van der Waals surface area contributed by atoms with Crippen LogP contribution in [0.3, 0.4) is 0 Å². The van der Waals surface area contributed by atoms with Crippen LogP contribution in [0.4, 0.5) is 4.79 Å². The van der Waals surface area contributed by atoms with E-state index in [9.17, 15) is 14.4 Å². The first-order chi connectivity index (χ1) is 12.2. The number of aromatic nitrogens is 1. The highest BCUT2D eigenvalue weighted by Gasteiger charge is 2.38. The van der Waals surface area contributed by atoms with Gasteiger partial charge >= 0.3 is 6.03 Å². The average molecular weight is 372 g/mol. The number of imide groups is 2. The molecule has 0 atom stereocenters. The Kier molecular flexibility index (Phi) is 4.46. The molecule has 0 N–H and O–H groups in total. The lowest BCUT2D eigenvalue weighted by atomic mass is 10.1. The lowest BCUT2D eigenvalue weighted by Gasteiger charge is -2.28. The predicted octanol–water partition coefficient (Wildman–Crippen LogP) is 3.18. The molecule has 2 aromatic rings. The highest BCUT2D eigenvalue weighted by molar-refractivity contribution is 6.32. The minimum Gasteiger partial charge on any atom is -0.316 e. The quantitative estimate of drug-likeness (QED) is 0.601. The molecule has 0 aliphatic carbocycles. The van der Waals surface area contributed by atoms with Gasteiger partial charge in [0.1, 0.15) is 5.57 Å². The van der Waals surface area contributed by atoms with Crippen LogP contribution in [-0.2, 0) is 9.59 Å². The maximum absolute atomic E-state index is 12.4. The summed E-state index contributed by atoms with van der Waals surface area (Å²) in [5, 5.41) is 0.600. The van der Waals surface area contributed by atoms with E-state index >= 15 is 0 Å². The molecule has 1 aromatic carbocycles. The molecule has 3 rings (SSSR count). The standard InChI is InChI=1S/C19H18ClN3O3/c1-11-9-13(12(2)23(11)16-8-6-5-7-15(16)20)10-14-17(24)21(3)19(26)22(4)18(14)25/h5-10H,1-4H3. The zero-order valence-electron chi connectivity index (χ0n) is 14.9. The highest BCUT2D eigenvalue weighted by Crippen LogP contribution is 2.28. The molecular weight excluding hydrogens is 354 g/mol. The van der Waals surface area contributed by atoms with E-state index in [1.165, 1.54) is 20.2 Å². The first kappa shape index (κ1) is 17.9.